The normalized spacial score (nSPS) is 17.6. The minimum absolute atomic E-state index is 0.0429. The van der Waals surface area contributed by atoms with Crippen molar-refractivity contribution < 1.29 is 22.4 Å². The van der Waals surface area contributed by atoms with Gasteiger partial charge in [0.05, 0.1) is 11.3 Å². The van der Waals surface area contributed by atoms with Crippen LogP contribution in [0.5, 0.6) is 0 Å². The van der Waals surface area contributed by atoms with Crippen molar-refractivity contribution in [3.05, 3.63) is 64.5 Å². The van der Waals surface area contributed by atoms with Crippen LogP contribution in [-0.2, 0) is 17.5 Å². The molecule has 0 heterocycles. The zero-order valence-electron chi connectivity index (χ0n) is 13.3. The molecule has 1 atom stereocenters. The molecule has 2 rings (SSSR count). The molecule has 1 unspecified atom stereocenters. The standard InChI is InChI=1S/C17H17F4N3O/c1-9(5-11-3-2-4-14(11)22)16(25)24-8-10-6-12(17(19,20)21)15(23)13(18)7-10/h2-7,14H,8,22-23H2,1H3,(H,24,25)/b9-5+. The van der Waals surface area contributed by atoms with Gasteiger partial charge in [0.15, 0.2) is 0 Å². The van der Waals surface area contributed by atoms with E-state index < -0.39 is 29.2 Å². The third-order valence-electron chi connectivity index (χ3n) is 3.68. The van der Waals surface area contributed by atoms with Crippen LogP contribution in [0.2, 0.25) is 0 Å². The summed E-state index contributed by atoms with van der Waals surface area (Å²) in [5.74, 6) is -1.68. The Morgan fingerprint density at radius 1 is 1.36 bits per heavy atom. The molecule has 4 nitrogen and oxygen atoms in total. The van der Waals surface area contributed by atoms with Gasteiger partial charge in [-0.15, -0.1) is 0 Å². The summed E-state index contributed by atoms with van der Waals surface area (Å²) in [6.45, 7) is 1.28. The van der Waals surface area contributed by atoms with E-state index in [1.54, 1.807) is 31.2 Å². The number of carbonyl (C=O) groups excluding carboxylic acids is 1. The summed E-state index contributed by atoms with van der Waals surface area (Å²) >= 11 is 0. The first-order valence-electron chi connectivity index (χ1n) is 7.35. The fraction of sp³-hybridized carbons (Fsp3) is 0.235. The zero-order chi connectivity index (χ0) is 18.8. The second-order valence-electron chi connectivity index (χ2n) is 5.62. The lowest BCUT2D eigenvalue weighted by Crippen LogP contribution is -2.25. The van der Waals surface area contributed by atoms with Gasteiger partial charge in [0.25, 0.3) is 0 Å². The average molecular weight is 355 g/mol. The highest BCUT2D eigenvalue weighted by molar-refractivity contribution is 5.93. The van der Waals surface area contributed by atoms with Gasteiger partial charge in [-0.25, -0.2) is 4.39 Å². The van der Waals surface area contributed by atoms with Gasteiger partial charge in [-0.3, -0.25) is 4.79 Å². The van der Waals surface area contributed by atoms with E-state index in [2.05, 4.69) is 5.32 Å². The Hall–Kier alpha value is -2.61. The summed E-state index contributed by atoms with van der Waals surface area (Å²) in [5, 5.41) is 2.44. The molecule has 1 aliphatic rings. The Bertz CT molecular complexity index is 779. The van der Waals surface area contributed by atoms with Crippen molar-refractivity contribution in [2.24, 2.45) is 5.73 Å². The summed E-state index contributed by atoms with van der Waals surface area (Å²) in [6.07, 6.45) is 2.08. The molecular weight excluding hydrogens is 338 g/mol. The summed E-state index contributed by atoms with van der Waals surface area (Å²) in [7, 11) is 0. The summed E-state index contributed by atoms with van der Waals surface area (Å²) in [4.78, 5) is 12.0. The number of amides is 1. The van der Waals surface area contributed by atoms with Gasteiger partial charge in [0.2, 0.25) is 5.91 Å². The predicted octanol–water partition coefficient (Wildman–Crippen LogP) is 2.81. The lowest BCUT2D eigenvalue weighted by molar-refractivity contribution is -0.137. The van der Waals surface area contributed by atoms with E-state index in [1.807, 2.05) is 0 Å². The number of nitrogens with two attached hydrogens (primary N) is 2. The molecule has 0 aliphatic heterocycles. The zero-order valence-corrected chi connectivity index (χ0v) is 13.3. The fourth-order valence-corrected chi connectivity index (χ4v) is 2.30. The van der Waals surface area contributed by atoms with Gasteiger partial charge >= 0.3 is 6.18 Å². The largest absolute Gasteiger partial charge is 0.418 e. The highest BCUT2D eigenvalue weighted by atomic mass is 19.4. The van der Waals surface area contributed by atoms with E-state index in [-0.39, 0.29) is 18.2 Å². The lowest BCUT2D eigenvalue weighted by Gasteiger charge is -2.13. The van der Waals surface area contributed by atoms with E-state index >= 15 is 0 Å². The highest BCUT2D eigenvalue weighted by Gasteiger charge is 2.34. The molecule has 1 aromatic rings. The Balaban J connectivity index is 2.10. The Morgan fingerprint density at radius 3 is 2.60 bits per heavy atom. The van der Waals surface area contributed by atoms with Crippen molar-refractivity contribution in [2.45, 2.75) is 25.7 Å². The van der Waals surface area contributed by atoms with Crippen LogP contribution in [0.3, 0.4) is 0 Å². The minimum Gasteiger partial charge on any atom is -0.396 e. The van der Waals surface area contributed by atoms with Crippen molar-refractivity contribution in [1.29, 1.82) is 0 Å². The van der Waals surface area contributed by atoms with Crippen LogP contribution in [0.15, 0.2) is 47.6 Å². The molecule has 0 radical (unpaired) electrons. The smallest absolute Gasteiger partial charge is 0.396 e. The van der Waals surface area contributed by atoms with E-state index in [9.17, 15) is 22.4 Å². The van der Waals surface area contributed by atoms with Gasteiger partial charge in [0, 0.05) is 18.2 Å². The number of allylic oxidation sites excluding steroid dienone is 2. The fourth-order valence-electron chi connectivity index (χ4n) is 2.30. The van der Waals surface area contributed by atoms with Crippen molar-refractivity contribution in [2.75, 3.05) is 5.73 Å². The summed E-state index contributed by atoms with van der Waals surface area (Å²) < 4.78 is 52.1. The molecule has 134 valence electrons. The van der Waals surface area contributed by atoms with Gasteiger partial charge in [-0.05, 0) is 36.3 Å². The molecule has 0 saturated carbocycles. The van der Waals surface area contributed by atoms with Crippen molar-refractivity contribution in [3.8, 4) is 0 Å². The molecule has 0 bridgehead atoms. The average Bonchev–Trinajstić information content (AvgIpc) is 2.91. The number of benzene rings is 1. The van der Waals surface area contributed by atoms with Crippen LogP contribution >= 0.6 is 0 Å². The molecule has 0 fully saturated rings. The quantitative estimate of drug-likeness (QED) is 0.441. The molecule has 1 aliphatic carbocycles. The number of nitrogens with one attached hydrogen (secondary N) is 1. The number of alkyl halides is 3. The summed E-state index contributed by atoms with van der Waals surface area (Å²) in [6, 6.07) is 1.28. The maximum absolute atomic E-state index is 13.6. The lowest BCUT2D eigenvalue weighted by atomic mass is 10.1. The third-order valence-corrected chi connectivity index (χ3v) is 3.68. The first kappa shape index (κ1) is 18.7. The second kappa shape index (κ2) is 7.10. The van der Waals surface area contributed by atoms with Crippen molar-refractivity contribution >= 4 is 11.6 Å². The number of hydrogen-bond donors (Lipinski definition) is 3. The van der Waals surface area contributed by atoms with Gasteiger partial charge in [-0.2, -0.15) is 13.2 Å². The summed E-state index contributed by atoms with van der Waals surface area (Å²) in [5.41, 5.74) is 9.72. The number of rotatable bonds is 4. The number of hydrogen-bond acceptors (Lipinski definition) is 3. The first-order valence-corrected chi connectivity index (χ1v) is 7.35. The molecule has 5 N–H and O–H groups in total. The van der Waals surface area contributed by atoms with Crippen LogP contribution < -0.4 is 16.8 Å². The SMILES string of the molecule is C/C(=C\C1=CC=CC1N)C(=O)NCc1cc(F)c(N)c(C(F)(F)F)c1. The van der Waals surface area contributed by atoms with E-state index in [1.165, 1.54) is 0 Å². The number of carbonyl (C=O) groups is 1. The van der Waals surface area contributed by atoms with Gasteiger partial charge < -0.3 is 16.8 Å². The molecule has 1 aromatic carbocycles. The molecule has 8 heteroatoms. The van der Waals surface area contributed by atoms with E-state index in [0.717, 1.165) is 17.7 Å². The molecule has 0 aromatic heterocycles. The molecular formula is C17H17F4N3O. The second-order valence-corrected chi connectivity index (χ2v) is 5.62. The number of halogens is 4. The topological polar surface area (TPSA) is 81.1 Å². The first-order chi connectivity index (χ1) is 11.6. The number of nitrogen functional groups attached to an aromatic ring is 1. The van der Waals surface area contributed by atoms with Crippen molar-refractivity contribution in [1.82, 2.24) is 5.32 Å². The predicted molar refractivity (Wildman–Crippen MR) is 86.6 cm³/mol. The molecule has 0 saturated heterocycles. The Morgan fingerprint density at radius 2 is 2.04 bits per heavy atom. The molecule has 1 amide bonds. The maximum Gasteiger partial charge on any atom is 0.418 e. The monoisotopic (exact) mass is 355 g/mol. The molecule has 25 heavy (non-hydrogen) atoms. The Kier molecular flexibility index (Phi) is 5.32. The van der Waals surface area contributed by atoms with Crippen LogP contribution in [0, 0.1) is 5.82 Å². The van der Waals surface area contributed by atoms with Gasteiger partial charge in [-0.1, -0.05) is 18.2 Å². The van der Waals surface area contributed by atoms with Crippen LogP contribution in [0.25, 0.3) is 0 Å². The maximum atomic E-state index is 13.6. The van der Waals surface area contributed by atoms with Crippen LogP contribution in [0.4, 0.5) is 23.2 Å². The third kappa shape index (κ3) is 4.48. The highest BCUT2D eigenvalue weighted by Crippen LogP contribution is 2.35. The number of anilines is 1. The van der Waals surface area contributed by atoms with Gasteiger partial charge in [0.1, 0.15) is 5.82 Å². The minimum atomic E-state index is -4.78. The van der Waals surface area contributed by atoms with E-state index in [0.29, 0.717) is 5.57 Å². The van der Waals surface area contributed by atoms with Crippen LogP contribution in [-0.4, -0.2) is 11.9 Å². The van der Waals surface area contributed by atoms with Crippen molar-refractivity contribution in [3.63, 3.8) is 0 Å². The van der Waals surface area contributed by atoms with E-state index in [4.69, 9.17) is 11.5 Å². The molecule has 0 spiro atoms. The van der Waals surface area contributed by atoms with Crippen LogP contribution in [0.1, 0.15) is 18.1 Å². The Labute approximate surface area is 141 Å².